The summed E-state index contributed by atoms with van der Waals surface area (Å²) in [6, 6.07) is 3.92. The van der Waals surface area contributed by atoms with Crippen LogP contribution in [-0.4, -0.2) is 41.1 Å². The van der Waals surface area contributed by atoms with Gasteiger partial charge in [-0.3, -0.25) is 4.79 Å². The molecular weight excluding hydrogens is 288 g/mol. The second-order valence-electron chi connectivity index (χ2n) is 6.02. The van der Waals surface area contributed by atoms with Crippen molar-refractivity contribution in [2.75, 3.05) is 13.1 Å². The number of thiophene rings is 1. The SMILES string of the molecule is CC(Cc1cccs1)NC(=O)N1CCCC(C)(C(=O)O)C1. The summed E-state index contributed by atoms with van der Waals surface area (Å²) in [4.78, 5) is 26.5. The first-order chi connectivity index (χ1) is 9.90. The van der Waals surface area contributed by atoms with Gasteiger partial charge in [-0.05, 0) is 38.1 Å². The van der Waals surface area contributed by atoms with Gasteiger partial charge >= 0.3 is 12.0 Å². The molecule has 1 aliphatic rings. The average molecular weight is 310 g/mol. The molecule has 0 saturated carbocycles. The molecule has 6 heteroatoms. The van der Waals surface area contributed by atoms with Crippen LogP contribution >= 0.6 is 11.3 Å². The molecule has 0 aliphatic carbocycles. The van der Waals surface area contributed by atoms with Crippen LogP contribution in [0.2, 0.25) is 0 Å². The van der Waals surface area contributed by atoms with Gasteiger partial charge in [0.1, 0.15) is 0 Å². The highest BCUT2D eigenvalue weighted by Gasteiger charge is 2.39. The molecule has 0 radical (unpaired) electrons. The van der Waals surface area contributed by atoms with E-state index in [1.807, 2.05) is 18.4 Å². The monoisotopic (exact) mass is 310 g/mol. The third kappa shape index (κ3) is 3.97. The molecule has 1 aliphatic heterocycles. The van der Waals surface area contributed by atoms with Crippen molar-refractivity contribution in [1.82, 2.24) is 10.2 Å². The fourth-order valence-corrected chi connectivity index (χ4v) is 3.51. The maximum atomic E-state index is 12.3. The van der Waals surface area contributed by atoms with Crippen molar-refractivity contribution in [2.24, 2.45) is 5.41 Å². The first-order valence-corrected chi connectivity index (χ1v) is 8.10. The van der Waals surface area contributed by atoms with Gasteiger partial charge < -0.3 is 15.3 Å². The number of carboxylic acids is 1. The molecule has 2 amide bonds. The third-order valence-corrected chi connectivity index (χ3v) is 4.86. The molecular formula is C15H22N2O3S. The van der Waals surface area contributed by atoms with Gasteiger partial charge in [0.25, 0.3) is 0 Å². The van der Waals surface area contributed by atoms with Gasteiger partial charge in [0, 0.05) is 30.4 Å². The fraction of sp³-hybridized carbons (Fsp3) is 0.600. The van der Waals surface area contributed by atoms with Crippen molar-refractivity contribution in [3.05, 3.63) is 22.4 Å². The second kappa shape index (κ2) is 6.47. The number of carbonyl (C=O) groups is 2. The predicted octanol–water partition coefficient (Wildman–Crippen LogP) is 2.58. The summed E-state index contributed by atoms with van der Waals surface area (Å²) < 4.78 is 0. The highest BCUT2D eigenvalue weighted by atomic mass is 32.1. The molecule has 21 heavy (non-hydrogen) atoms. The van der Waals surface area contributed by atoms with Gasteiger partial charge in [0.05, 0.1) is 5.41 Å². The van der Waals surface area contributed by atoms with Crippen molar-refractivity contribution in [3.8, 4) is 0 Å². The molecule has 2 N–H and O–H groups in total. The Morgan fingerprint density at radius 3 is 2.95 bits per heavy atom. The topological polar surface area (TPSA) is 69.6 Å². The maximum Gasteiger partial charge on any atom is 0.317 e. The van der Waals surface area contributed by atoms with Gasteiger partial charge in [-0.25, -0.2) is 4.79 Å². The van der Waals surface area contributed by atoms with E-state index in [9.17, 15) is 14.7 Å². The van der Waals surface area contributed by atoms with Crippen LogP contribution in [0.5, 0.6) is 0 Å². The van der Waals surface area contributed by atoms with E-state index in [1.165, 1.54) is 4.88 Å². The number of likely N-dealkylation sites (tertiary alicyclic amines) is 1. The van der Waals surface area contributed by atoms with E-state index < -0.39 is 11.4 Å². The molecule has 1 saturated heterocycles. The summed E-state index contributed by atoms with van der Waals surface area (Å²) in [5.74, 6) is -0.827. The lowest BCUT2D eigenvalue weighted by atomic mass is 9.82. The number of rotatable bonds is 4. The zero-order valence-corrected chi connectivity index (χ0v) is 13.3. The van der Waals surface area contributed by atoms with Gasteiger partial charge in [-0.15, -0.1) is 11.3 Å². The number of hydrogen-bond acceptors (Lipinski definition) is 3. The minimum atomic E-state index is -0.827. The number of nitrogens with one attached hydrogen (secondary N) is 1. The standard InChI is InChI=1S/C15H22N2O3S/c1-11(9-12-5-3-8-21-12)16-14(20)17-7-4-6-15(2,10-17)13(18)19/h3,5,8,11H,4,6-7,9-10H2,1-2H3,(H,16,20)(H,18,19). The molecule has 0 spiro atoms. The van der Waals surface area contributed by atoms with E-state index in [-0.39, 0.29) is 18.6 Å². The van der Waals surface area contributed by atoms with Crippen LogP contribution in [-0.2, 0) is 11.2 Å². The summed E-state index contributed by atoms with van der Waals surface area (Å²) in [6.45, 7) is 4.59. The largest absolute Gasteiger partial charge is 0.481 e. The van der Waals surface area contributed by atoms with Crippen molar-refractivity contribution >= 4 is 23.3 Å². The minimum Gasteiger partial charge on any atom is -0.481 e. The number of aliphatic carboxylic acids is 1. The smallest absolute Gasteiger partial charge is 0.317 e. The summed E-state index contributed by atoms with van der Waals surface area (Å²) in [6.07, 6.45) is 2.15. The van der Waals surface area contributed by atoms with Crippen LogP contribution in [0.3, 0.4) is 0 Å². The fourth-order valence-electron chi connectivity index (χ4n) is 2.67. The molecule has 116 valence electrons. The number of urea groups is 1. The zero-order valence-electron chi connectivity index (χ0n) is 12.5. The van der Waals surface area contributed by atoms with E-state index in [0.717, 1.165) is 12.8 Å². The summed E-state index contributed by atoms with van der Waals surface area (Å²) >= 11 is 1.67. The van der Waals surface area contributed by atoms with Crippen LogP contribution in [0.4, 0.5) is 4.79 Å². The number of amides is 2. The average Bonchev–Trinajstić information content (AvgIpc) is 2.91. The van der Waals surface area contributed by atoms with Crippen LogP contribution in [0, 0.1) is 5.41 Å². The molecule has 2 rings (SSSR count). The molecule has 2 atom stereocenters. The third-order valence-electron chi connectivity index (χ3n) is 3.96. The van der Waals surface area contributed by atoms with Crippen molar-refractivity contribution in [2.45, 2.75) is 39.2 Å². The molecule has 0 bridgehead atoms. The number of piperidine rings is 1. The Kier molecular flexibility index (Phi) is 4.88. The molecule has 2 heterocycles. The molecule has 1 aromatic heterocycles. The first-order valence-electron chi connectivity index (χ1n) is 7.22. The molecule has 0 aromatic carbocycles. The van der Waals surface area contributed by atoms with Crippen molar-refractivity contribution in [3.63, 3.8) is 0 Å². The van der Waals surface area contributed by atoms with E-state index in [1.54, 1.807) is 23.2 Å². The van der Waals surface area contributed by atoms with Gasteiger partial charge in [0.2, 0.25) is 0 Å². The Labute approximate surface area is 129 Å². The molecule has 2 unspecified atom stereocenters. The zero-order chi connectivity index (χ0) is 15.5. The van der Waals surface area contributed by atoms with Crippen LogP contribution in [0.1, 0.15) is 31.6 Å². The predicted molar refractivity (Wildman–Crippen MR) is 82.6 cm³/mol. The Morgan fingerprint density at radius 2 is 2.33 bits per heavy atom. The number of hydrogen-bond donors (Lipinski definition) is 2. The Balaban J connectivity index is 1.89. The highest BCUT2D eigenvalue weighted by molar-refractivity contribution is 7.09. The van der Waals surface area contributed by atoms with E-state index in [0.29, 0.717) is 13.0 Å². The second-order valence-corrected chi connectivity index (χ2v) is 7.06. The lowest BCUT2D eigenvalue weighted by Gasteiger charge is -2.37. The quantitative estimate of drug-likeness (QED) is 0.898. The molecule has 1 fully saturated rings. The number of carbonyl (C=O) groups excluding carboxylic acids is 1. The van der Waals surface area contributed by atoms with E-state index in [2.05, 4.69) is 11.4 Å². The van der Waals surface area contributed by atoms with Gasteiger partial charge in [-0.1, -0.05) is 6.07 Å². The Bertz CT molecular complexity index is 503. The van der Waals surface area contributed by atoms with Gasteiger partial charge in [0.15, 0.2) is 0 Å². The number of carboxylic acid groups (broad SMARTS) is 1. The van der Waals surface area contributed by atoms with Crippen LogP contribution in [0.15, 0.2) is 17.5 Å². The maximum absolute atomic E-state index is 12.3. The normalized spacial score (nSPS) is 23.6. The van der Waals surface area contributed by atoms with Crippen molar-refractivity contribution < 1.29 is 14.7 Å². The highest BCUT2D eigenvalue weighted by Crippen LogP contribution is 2.29. The minimum absolute atomic E-state index is 0.0363. The van der Waals surface area contributed by atoms with E-state index in [4.69, 9.17) is 0 Å². The summed E-state index contributed by atoms with van der Waals surface area (Å²) in [7, 11) is 0. The van der Waals surface area contributed by atoms with E-state index >= 15 is 0 Å². The van der Waals surface area contributed by atoms with Crippen LogP contribution in [0.25, 0.3) is 0 Å². The Morgan fingerprint density at radius 1 is 1.57 bits per heavy atom. The number of nitrogens with zero attached hydrogens (tertiary/aromatic N) is 1. The summed E-state index contributed by atoms with van der Waals surface area (Å²) in [5.41, 5.74) is -0.827. The molecule has 1 aromatic rings. The Hall–Kier alpha value is -1.56. The molecule has 5 nitrogen and oxygen atoms in total. The van der Waals surface area contributed by atoms with Crippen molar-refractivity contribution in [1.29, 1.82) is 0 Å². The lowest BCUT2D eigenvalue weighted by molar-refractivity contribution is -0.150. The van der Waals surface area contributed by atoms with Crippen LogP contribution < -0.4 is 5.32 Å². The lowest BCUT2D eigenvalue weighted by Crippen LogP contribution is -2.53. The first kappa shape index (κ1) is 15.8. The summed E-state index contributed by atoms with van der Waals surface area (Å²) in [5, 5.41) is 14.3. The van der Waals surface area contributed by atoms with Gasteiger partial charge in [-0.2, -0.15) is 0 Å².